The van der Waals surface area contributed by atoms with E-state index in [1.54, 1.807) is 24.3 Å². The van der Waals surface area contributed by atoms with Gasteiger partial charge in [0.05, 0.1) is 9.83 Å². The summed E-state index contributed by atoms with van der Waals surface area (Å²) in [7, 11) is 0. The minimum Gasteiger partial charge on any atom is -0.480 e. The molecular formula is C20H18N2O6S2. The van der Waals surface area contributed by atoms with Crippen LogP contribution in [0.4, 0.5) is 5.69 Å². The van der Waals surface area contributed by atoms with Crippen LogP contribution in [0.3, 0.4) is 0 Å². The Morgan fingerprint density at radius 3 is 2.53 bits per heavy atom. The van der Waals surface area contributed by atoms with Crippen LogP contribution in [-0.2, 0) is 9.59 Å². The number of carbonyl (C=O) groups excluding carboxylic acids is 1. The van der Waals surface area contributed by atoms with Crippen LogP contribution in [0.5, 0.6) is 0 Å². The highest BCUT2D eigenvalue weighted by molar-refractivity contribution is 8.26. The maximum atomic E-state index is 12.8. The molecule has 2 heterocycles. The molecule has 1 amide bonds. The lowest BCUT2D eigenvalue weighted by molar-refractivity contribution is -0.384. The minimum absolute atomic E-state index is 0.0245. The van der Waals surface area contributed by atoms with Crippen LogP contribution >= 0.6 is 24.0 Å². The smallest absolute Gasteiger partial charge is 0.326 e. The molecule has 2 aromatic rings. The van der Waals surface area contributed by atoms with Crippen molar-refractivity contribution in [1.29, 1.82) is 0 Å². The van der Waals surface area contributed by atoms with Crippen molar-refractivity contribution in [3.63, 3.8) is 0 Å². The van der Waals surface area contributed by atoms with E-state index in [0.717, 1.165) is 16.7 Å². The molecule has 0 aliphatic carbocycles. The molecule has 1 atom stereocenters. The van der Waals surface area contributed by atoms with Crippen molar-refractivity contribution in [2.24, 2.45) is 5.92 Å². The molecule has 0 saturated carbocycles. The van der Waals surface area contributed by atoms with Crippen LogP contribution in [0.2, 0.25) is 0 Å². The van der Waals surface area contributed by atoms with Gasteiger partial charge >= 0.3 is 5.97 Å². The fourth-order valence-corrected chi connectivity index (χ4v) is 4.31. The molecule has 0 bridgehead atoms. The van der Waals surface area contributed by atoms with Crippen molar-refractivity contribution < 1.29 is 24.0 Å². The number of rotatable bonds is 7. The van der Waals surface area contributed by atoms with E-state index in [1.807, 2.05) is 13.8 Å². The Morgan fingerprint density at radius 1 is 1.30 bits per heavy atom. The Kier molecular flexibility index (Phi) is 6.37. The Labute approximate surface area is 181 Å². The number of thiocarbonyl (C=S) groups is 1. The fourth-order valence-electron chi connectivity index (χ4n) is 2.97. The van der Waals surface area contributed by atoms with Crippen molar-refractivity contribution >= 4 is 51.9 Å². The zero-order valence-corrected chi connectivity index (χ0v) is 17.7. The number of carbonyl (C=O) groups is 2. The van der Waals surface area contributed by atoms with Crippen LogP contribution in [0.1, 0.15) is 26.0 Å². The van der Waals surface area contributed by atoms with Gasteiger partial charge in [0.2, 0.25) is 0 Å². The van der Waals surface area contributed by atoms with E-state index in [0.29, 0.717) is 23.5 Å². The van der Waals surface area contributed by atoms with Gasteiger partial charge in [0, 0.05) is 23.8 Å². The average molecular weight is 447 g/mol. The Bertz CT molecular complexity index is 1040. The molecule has 0 spiro atoms. The molecule has 8 nitrogen and oxygen atoms in total. The SMILES string of the molecule is CC(C)CC(C(=O)O)N1C(=O)C(=Cc2ccc(-c3ccc([N+](=O)[O-])cc3)o2)SC1=S. The van der Waals surface area contributed by atoms with Crippen molar-refractivity contribution in [2.45, 2.75) is 26.3 Å². The monoisotopic (exact) mass is 446 g/mol. The summed E-state index contributed by atoms with van der Waals surface area (Å²) >= 11 is 6.28. The lowest BCUT2D eigenvalue weighted by Gasteiger charge is -2.24. The number of nitro benzene ring substituents is 1. The van der Waals surface area contributed by atoms with Gasteiger partial charge in [-0.2, -0.15) is 0 Å². The van der Waals surface area contributed by atoms with Crippen molar-refractivity contribution in [3.8, 4) is 11.3 Å². The summed E-state index contributed by atoms with van der Waals surface area (Å²) in [6, 6.07) is 8.23. The molecule has 1 aliphatic heterocycles. The number of aliphatic carboxylic acids is 1. The maximum absolute atomic E-state index is 12.8. The van der Waals surface area contributed by atoms with E-state index in [2.05, 4.69) is 0 Å². The third-order valence-electron chi connectivity index (χ3n) is 4.38. The van der Waals surface area contributed by atoms with Crippen LogP contribution < -0.4 is 0 Å². The molecule has 1 aromatic heterocycles. The quantitative estimate of drug-likeness (QED) is 0.285. The van der Waals surface area contributed by atoms with Gasteiger partial charge < -0.3 is 9.52 Å². The number of carboxylic acid groups (broad SMARTS) is 1. The number of carboxylic acids is 1. The zero-order chi connectivity index (χ0) is 22.0. The number of benzene rings is 1. The molecule has 1 unspecified atom stereocenters. The van der Waals surface area contributed by atoms with Gasteiger partial charge in [-0.15, -0.1) is 0 Å². The lowest BCUT2D eigenvalue weighted by Crippen LogP contribution is -2.44. The number of thioether (sulfide) groups is 1. The van der Waals surface area contributed by atoms with Gasteiger partial charge in [0.1, 0.15) is 21.9 Å². The van der Waals surface area contributed by atoms with Gasteiger partial charge in [0.25, 0.3) is 11.6 Å². The highest BCUT2D eigenvalue weighted by Gasteiger charge is 2.40. The second-order valence-corrected chi connectivity index (χ2v) is 8.72. The van der Waals surface area contributed by atoms with Gasteiger partial charge in [-0.3, -0.25) is 19.8 Å². The summed E-state index contributed by atoms with van der Waals surface area (Å²) in [6.07, 6.45) is 1.81. The second-order valence-electron chi connectivity index (χ2n) is 7.04. The van der Waals surface area contributed by atoms with Crippen LogP contribution in [0, 0.1) is 16.0 Å². The van der Waals surface area contributed by atoms with E-state index < -0.39 is 22.8 Å². The number of amides is 1. The van der Waals surface area contributed by atoms with Crippen molar-refractivity contribution in [2.75, 3.05) is 0 Å². The molecule has 3 rings (SSSR count). The number of hydrogen-bond acceptors (Lipinski definition) is 7. The molecule has 1 N–H and O–H groups in total. The van der Waals surface area contributed by atoms with Crippen LogP contribution in [-0.4, -0.2) is 37.2 Å². The molecule has 1 saturated heterocycles. The predicted octanol–water partition coefficient (Wildman–Crippen LogP) is 4.56. The van der Waals surface area contributed by atoms with E-state index in [9.17, 15) is 24.8 Å². The van der Waals surface area contributed by atoms with E-state index in [1.165, 1.54) is 18.2 Å². The predicted molar refractivity (Wildman–Crippen MR) is 117 cm³/mol. The molecule has 1 fully saturated rings. The van der Waals surface area contributed by atoms with Gasteiger partial charge in [-0.1, -0.05) is 37.8 Å². The first kappa shape index (κ1) is 21.7. The van der Waals surface area contributed by atoms with Gasteiger partial charge in [-0.05, 0) is 36.6 Å². The standard InChI is InChI=1S/C20H18N2O6S2/c1-11(2)9-15(19(24)25)21-18(23)17(30-20(21)29)10-14-7-8-16(28-14)12-3-5-13(6-4-12)22(26)27/h3-8,10-11,15H,9H2,1-2H3,(H,24,25). The summed E-state index contributed by atoms with van der Waals surface area (Å²) in [5, 5.41) is 20.3. The Hall–Kier alpha value is -2.98. The molecule has 1 aromatic carbocycles. The average Bonchev–Trinajstić information content (AvgIpc) is 3.25. The number of nitro groups is 1. The molecule has 10 heteroatoms. The molecule has 30 heavy (non-hydrogen) atoms. The van der Waals surface area contributed by atoms with E-state index >= 15 is 0 Å². The second kappa shape index (κ2) is 8.80. The molecule has 1 aliphatic rings. The highest BCUT2D eigenvalue weighted by Crippen LogP contribution is 2.36. The topological polar surface area (TPSA) is 114 Å². The third kappa shape index (κ3) is 4.60. The number of furan rings is 1. The summed E-state index contributed by atoms with van der Waals surface area (Å²) in [5.74, 6) is -0.616. The molecule has 0 radical (unpaired) electrons. The van der Waals surface area contributed by atoms with Crippen molar-refractivity contribution in [3.05, 3.63) is 57.2 Å². The normalized spacial score (nSPS) is 16.5. The first-order valence-electron chi connectivity index (χ1n) is 9.02. The summed E-state index contributed by atoms with van der Waals surface area (Å²) in [6.45, 7) is 3.76. The highest BCUT2D eigenvalue weighted by atomic mass is 32.2. The third-order valence-corrected chi connectivity index (χ3v) is 5.71. The van der Waals surface area contributed by atoms with E-state index in [-0.39, 0.29) is 20.8 Å². The largest absolute Gasteiger partial charge is 0.480 e. The maximum Gasteiger partial charge on any atom is 0.326 e. The number of hydrogen-bond donors (Lipinski definition) is 1. The summed E-state index contributed by atoms with van der Waals surface area (Å²) in [5.41, 5.74) is 0.624. The summed E-state index contributed by atoms with van der Waals surface area (Å²) < 4.78 is 5.93. The Balaban J connectivity index is 1.82. The van der Waals surface area contributed by atoms with Crippen LogP contribution in [0.25, 0.3) is 17.4 Å². The zero-order valence-electron chi connectivity index (χ0n) is 16.1. The Morgan fingerprint density at radius 2 is 1.97 bits per heavy atom. The first-order chi connectivity index (χ1) is 14.2. The van der Waals surface area contributed by atoms with Gasteiger partial charge in [0.15, 0.2) is 0 Å². The fraction of sp³-hybridized carbons (Fsp3) is 0.250. The van der Waals surface area contributed by atoms with Crippen molar-refractivity contribution in [1.82, 2.24) is 4.90 Å². The number of nitrogens with zero attached hydrogens (tertiary/aromatic N) is 2. The van der Waals surface area contributed by atoms with Crippen LogP contribution in [0.15, 0.2) is 45.7 Å². The van der Waals surface area contributed by atoms with E-state index in [4.69, 9.17) is 16.6 Å². The minimum atomic E-state index is -1.10. The number of non-ortho nitro benzene ring substituents is 1. The summed E-state index contributed by atoms with van der Waals surface area (Å²) in [4.78, 5) is 36.2. The lowest BCUT2D eigenvalue weighted by atomic mass is 10.0. The molecule has 156 valence electrons. The van der Waals surface area contributed by atoms with Gasteiger partial charge in [-0.25, -0.2) is 4.79 Å². The molecular weight excluding hydrogens is 428 g/mol. The first-order valence-corrected chi connectivity index (χ1v) is 10.2.